The number of aliphatic hydroxyl groups is 1. The predicted molar refractivity (Wildman–Crippen MR) is 179 cm³/mol. The van der Waals surface area contributed by atoms with Crippen LogP contribution in [-0.2, 0) is 5.41 Å². The van der Waals surface area contributed by atoms with Gasteiger partial charge >= 0.3 is 0 Å². The molecule has 0 spiro atoms. The smallest absolute Gasteiger partial charge is 0.0680 e. The van der Waals surface area contributed by atoms with Crippen LogP contribution in [0.1, 0.15) is 105 Å². The molecule has 43 heavy (non-hydrogen) atoms. The fourth-order valence-electron chi connectivity index (χ4n) is 10.6. The summed E-state index contributed by atoms with van der Waals surface area (Å²) in [6.45, 7) is 14.2. The van der Waals surface area contributed by atoms with Gasteiger partial charge < -0.3 is 5.11 Å². The van der Waals surface area contributed by atoms with E-state index in [1.165, 1.54) is 52.6 Å². The molecule has 3 aromatic rings. The molecule has 7 rings (SSSR count). The molecule has 4 aliphatic rings. The molecule has 1 saturated carbocycles. The molecule has 0 aliphatic heterocycles. The first-order valence-electron chi connectivity index (χ1n) is 16.9. The van der Waals surface area contributed by atoms with Crippen molar-refractivity contribution in [3.8, 4) is 0 Å². The zero-order chi connectivity index (χ0) is 30.1. The summed E-state index contributed by atoms with van der Waals surface area (Å²) in [6.07, 6.45) is 10.1. The zero-order valence-corrected chi connectivity index (χ0v) is 27.2. The van der Waals surface area contributed by atoms with Crippen molar-refractivity contribution < 1.29 is 5.11 Å². The van der Waals surface area contributed by atoms with E-state index in [4.69, 9.17) is 0 Å². The molecule has 0 heterocycles. The third kappa shape index (κ3) is 4.21. The first-order chi connectivity index (χ1) is 20.6. The lowest BCUT2D eigenvalue weighted by atomic mass is 9.43. The number of rotatable bonds is 4. The molecule has 6 atom stereocenters. The lowest BCUT2D eigenvalue weighted by molar-refractivity contribution is -0.0429. The van der Waals surface area contributed by atoms with E-state index in [0.29, 0.717) is 17.8 Å². The largest absolute Gasteiger partial charge is 0.392 e. The maximum absolute atomic E-state index is 12.2. The Labute approximate surface area is 260 Å². The first-order valence-corrected chi connectivity index (χ1v) is 16.9. The molecule has 224 valence electrons. The average molecular weight is 571 g/mol. The van der Waals surface area contributed by atoms with Gasteiger partial charge in [0.2, 0.25) is 0 Å². The summed E-state index contributed by atoms with van der Waals surface area (Å²) in [5.41, 5.74) is 13.0. The number of fused-ring (bicyclic) bond motifs is 4. The number of allylic oxidation sites excluding steroid dienone is 4. The topological polar surface area (TPSA) is 20.2 Å². The van der Waals surface area contributed by atoms with Gasteiger partial charge in [0, 0.05) is 5.41 Å². The first kappa shape index (κ1) is 28.8. The van der Waals surface area contributed by atoms with Crippen LogP contribution in [0.5, 0.6) is 0 Å². The second-order valence-electron chi connectivity index (χ2n) is 15.2. The molecular weight excluding hydrogens is 520 g/mol. The summed E-state index contributed by atoms with van der Waals surface area (Å²) < 4.78 is 0. The highest BCUT2D eigenvalue weighted by molar-refractivity contribution is 5.54. The Hall–Kier alpha value is -2.90. The normalized spacial score (nSPS) is 32.0. The molecular formula is C42H50O. The van der Waals surface area contributed by atoms with Crippen molar-refractivity contribution in [2.24, 2.45) is 22.7 Å². The van der Waals surface area contributed by atoms with E-state index in [2.05, 4.69) is 120 Å². The van der Waals surface area contributed by atoms with Crippen LogP contribution >= 0.6 is 0 Å². The predicted octanol–water partition coefficient (Wildman–Crippen LogP) is 10.3. The molecule has 3 aromatic carbocycles. The van der Waals surface area contributed by atoms with Gasteiger partial charge in [-0.2, -0.15) is 0 Å². The second-order valence-corrected chi connectivity index (χ2v) is 15.2. The van der Waals surface area contributed by atoms with Gasteiger partial charge in [-0.25, -0.2) is 0 Å². The van der Waals surface area contributed by atoms with E-state index in [-0.39, 0.29) is 10.8 Å². The monoisotopic (exact) mass is 570 g/mol. The maximum Gasteiger partial charge on any atom is 0.0680 e. The van der Waals surface area contributed by atoms with Crippen LogP contribution in [0.2, 0.25) is 0 Å². The van der Waals surface area contributed by atoms with Crippen LogP contribution < -0.4 is 0 Å². The number of hydrogen-bond donors (Lipinski definition) is 1. The highest BCUT2D eigenvalue weighted by atomic mass is 16.3. The second kappa shape index (κ2) is 10.3. The quantitative estimate of drug-likeness (QED) is 0.331. The van der Waals surface area contributed by atoms with Gasteiger partial charge in [-0.3, -0.25) is 0 Å². The summed E-state index contributed by atoms with van der Waals surface area (Å²) in [5, 5.41) is 12.2. The standard InChI is InChI=1S/C42H50O/c1-27-7-13-31(14-8-27)30(4)35-20-21-36-34-19-22-38-41(6,37(34)23-25-40(35,36)5)26-24-39(43)42(38,32-15-9-28(2)10-16-32)33-17-11-29(3)12-18-33/h7-18,21,30,35,38-39,43H,19-20,22-26H2,1-6H3/t30-,35+,38?,39?,40+,41+/m0/s1. The van der Waals surface area contributed by atoms with Crippen LogP contribution in [0.4, 0.5) is 0 Å². The molecule has 0 aromatic heterocycles. The lowest BCUT2D eigenvalue weighted by Crippen LogP contribution is -2.58. The average Bonchev–Trinajstić information content (AvgIpc) is 3.36. The maximum atomic E-state index is 12.2. The highest BCUT2D eigenvalue weighted by Gasteiger charge is 2.61. The van der Waals surface area contributed by atoms with Gasteiger partial charge in [-0.15, -0.1) is 0 Å². The lowest BCUT2D eigenvalue weighted by Gasteiger charge is -2.61. The Bertz CT molecular complexity index is 1520. The minimum Gasteiger partial charge on any atom is -0.392 e. The molecule has 1 nitrogen and oxygen atoms in total. The Morgan fingerprint density at radius 1 is 0.698 bits per heavy atom. The van der Waals surface area contributed by atoms with Crippen LogP contribution in [0.15, 0.2) is 95.6 Å². The number of aliphatic hydroxyl groups excluding tert-OH is 1. The molecule has 0 amide bonds. The number of benzene rings is 3. The molecule has 4 aliphatic carbocycles. The van der Waals surface area contributed by atoms with Gasteiger partial charge in [0.15, 0.2) is 0 Å². The van der Waals surface area contributed by atoms with E-state index in [1.807, 2.05) is 0 Å². The van der Waals surface area contributed by atoms with Gasteiger partial charge in [0.25, 0.3) is 0 Å². The summed E-state index contributed by atoms with van der Waals surface area (Å²) in [4.78, 5) is 0. The Morgan fingerprint density at radius 3 is 1.84 bits per heavy atom. The van der Waals surface area contributed by atoms with Gasteiger partial charge in [0.1, 0.15) is 0 Å². The third-order valence-corrected chi connectivity index (χ3v) is 13.0. The number of aryl methyl sites for hydroxylation is 3. The Balaban J connectivity index is 1.31. The molecule has 0 saturated heterocycles. The van der Waals surface area contributed by atoms with Crippen LogP contribution in [0, 0.1) is 43.4 Å². The van der Waals surface area contributed by atoms with Gasteiger partial charge in [-0.05, 0) is 122 Å². The van der Waals surface area contributed by atoms with Crippen molar-refractivity contribution in [2.45, 2.75) is 104 Å². The van der Waals surface area contributed by atoms with Crippen molar-refractivity contribution in [1.82, 2.24) is 0 Å². The molecule has 0 radical (unpaired) electrons. The summed E-state index contributed by atoms with van der Waals surface area (Å²) in [7, 11) is 0. The zero-order valence-electron chi connectivity index (χ0n) is 27.2. The van der Waals surface area contributed by atoms with Crippen molar-refractivity contribution in [1.29, 1.82) is 0 Å². The van der Waals surface area contributed by atoms with Crippen LogP contribution in [0.3, 0.4) is 0 Å². The SMILES string of the molecule is Cc1ccc([C@H](C)[C@H]2CC=C3C4=C(CC[C@@]32C)[C@@]2(C)CCC(O)C(c3ccc(C)cc3)(c3ccc(C)cc3)C2CC4)cc1. The van der Waals surface area contributed by atoms with E-state index in [0.717, 1.165) is 25.7 Å². The van der Waals surface area contributed by atoms with Gasteiger partial charge in [0.05, 0.1) is 6.10 Å². The summed E-state index contributed by atoms with van der Waals surface area (Å²) in [5.74, 6) is 1.56. The fraction of sp³-hybridized carbons (Fsp3) is 0.476. The van der Waals surface area contributed by atoms with Crippen molar-refractivity contribution in [2.75, 3.05) is 0 Å². The molecule has 1 N–H and O–H groups in total. The third-order valence-electron chi connectivity index (χ3n) is 13.0. The highest BCUT2D eigenvalue weighted by Crippen LogP contribution is 2.68. The molecule has 1 heteroatoms. The van der Waals surface area contributed by atoms with E-state index in [1.54, 1.807) is 16.7 Å². The van der Waals surface area contributed by atoms with Gasteiger partial charge in [-0.1, -0.05) is 122 Å². The van der Waals surface area contributed by atoms with Crippen molar-refractivity contribution in [3.05, 3.63) is 129 Å². The molecule has 2 unspecified atom stereocenters. The van der Waals surface area contributed by atoms with Crippen LogP contribution in [0.25, 0.3) is 0 Å². The minimum absolute atomic E-state index is 0.0748. The molecule has 0 bridgehead atoms. The number of hydrogen-bond acceptors (Lipinski definition) is 1. The Morgan fingerprint density at radius 2 is 1.26 bits per heavy atom. The fourth-order valence-corrected chi connectivity index (χ4v) is 10.6. The van der Waals surface area contributed by atoms with E-state index < -0.39 is 11.5 Å². The summed E-state index contributed by atoms with van der Waals surface area (Å²) in [6, 6.07) is 27.6. The minimum atomic E-state index is -0.403. The van der Waals surface area contributed by atoms with Crippen molar-refractivity contribution in [3.63, 3.8) is 0 Å². The van der Waals surface area contributed by atoms with Crippen LogP contribution in [-0.4, -0.2) is 11.2 Å². The molecule has 1 fully saturated rings. The van der Waals surface area contributed by atoms with E-state index in [9.17, 15) is 5.11 Å². The summed E-state index contributed by atoms with van der Waals surface area (Å²) >= 11 is 0. The Kier molecular flexibility index (Phi) is 6.93. The van der Waals surface area contributed by atoms with Crippen molar-refractivity contribution >= 4 is 0 Å². The van der Waals surface area contributed by atoms with E-state index >= 15 is 0 Å².